The molecule has 0 amide bonds. The molecule has 1 saturated carbocycles. The summed E-state index contributed by atoms with van der Waals surface area (Å²) in [5, 5.41) is 0. The van der Waals surface area contributed by atoms with E-state index in [1.54, 1.807) is 6.92 Å². The van der Waals surface area contributed by atoms with Gasteiger partial charge in [0.25, 0.3) is 0 Å². The molecule has 0 bridgehead atoms. The number of hydrogen-bond donors (Lipinski definition) is 1. The van der Waals surface area contributed by atoms with Crippen LogP contribution in [0.2, 0.25) is 0 Å². The highest BCUT2D eigenvalue weighted by molar-refractivity contribution is 5.81. The second kappa shape index (κ2) is 6.76. The number of carbonyl (C=O) groups is 1. The molecule has 0 spiro atoms. The molecular weight excluding hydrogens is 273 g/mol. The third-order valence-corrected chi connectivity index (χ3v) is 3.62. The van der Waals surface area contributed by atoms with Gasteiger partial charge >= 0.3 is 12.1 Å². The molecule has 1 aliphatic carbocycles. The van der Waals surface area contributed by atoms with Gasteiger partial charge in [0, 0.05) is 6.04 Å². The number of ether oxygens (including phenoxy) is 1. The second-order valence-electron chi connectivity index (χ2n) is 5.36. The van der Waals surface area contributed by atoms with Crippen molar-refractivity contribution in [1.29, 1.82) is 0 Å². The molecule has 20 heavy (non-hydrogen) atoms. The van der Waals surface area contributed by atoms with E-state index >= 15 is 0 Å². The first-order valence-corrected chi connectivity index (χ1v) is 6.98. The van der Waals surface area contributed by atoms with Crippen molar-refractivity contribution < 1.29 is 22.7 Å². The summed E-state index contributed by atoms with van der Waals surface area (Å²) >= 11 is 0. The number of rotatable bonds is 6. The molecule has 2 N–H and O–H groups in total. The molecule has 0 aromatic rings. The SMILES string of the molecule is CCCN(CC(F)(F)F)C1CCC(N)(C(=O)OCC)C1. The molecule has 2 atom stereocenters. The van der Waals surface area contributed by atoms with Crippen LogP contribution in [0.3, 0.4) is 0 Å². The lowest BCUT2D eigenvalue weighted by molar-refractivity contribution is -0.152. The van der Waals surface area contributed by atoms with Crippen molar-refractivity contribution in [3.8, 4) is 0 Å². The van der Waals surface area contributed by atoms with Crippen LogP contribution in [0, 0.1) is 0 Å². The molecule has 1 aliphatic rings. The Bertz CT molecular complexity index is 336. The van der Waals surface area contributed by atoms with E-state index < -0.39 is 24.2 Å². The van der Waals surface area contributed by atoms with Crippen LogP contribution in [-0.4, -0.2) is 48.3 Å². The number of carbonyl (C=O) groups excluding carboxylic acids is 1. The zero-order chi connectivity index (χ0) is 15.4. The highest BCUT2D eigenvalue weighted by atomic mass is 19.4. The topological polar surface area (TPSA) is 55.6 Å². The van der Waals surface area contributed by atoms with Crippen molar-refractivity contribution in [2.45, 2.75) is 57.3 Å². The number of nitrogens with zero attached hydrogens (tertiary/aromatic N) is 1. The van der Waals surface area contributed by atoms with Crippen LogP contribution >= 0.6 is 0 Å². The highest BCUT2D eigenvalue weighted by Gasteiger charge is 2.46. The molecule has 0 aromatic carbocycles. The third-order valence-electron chi connectivity index (χ3n) is 3.62. The molecule has 0 heterocycles. The van der Waals surface area contributed by atoms with Crippen LogP contribution in [0.5, 0.6) is 0 Å². The van der Waals surface area contributed by atoms with Gasteiger partial charge in [0.05, 0.1) is 13.2 Å². The van der Waals surface area contributed by atoms with Gasteiger partial charge in [0.1, 0.15) is 5.54 Å². The summed E-state index contributed by atoms with van der Waals surface area (Å²) in [7, 11) is 0. The standard InChI is InChI=1S/C13H23F3N2O2/c1-3-7-18(9-13(14,15)16)10-5-6-12(17,8-10)11(19)20-4-2/h10H,3-9,17H2,1-2H3. The van der Waals surface area contributed by atoms with Gasteiger partial charge in [-0.2, -0.15) is 13.2 Å². The molecule has 1 fully saturated rings. The van der Waals surface area contributed by atoms with E-state index in [4.69, 9.17) is 10.5 Å². The van der Waals surface area contributed by atoms with Gasteiger partial charge in [0.2, 0.25) is 0 Å². The minimum absolute atomic E-state index is 0.224. The lowest BCUT2D eigenvalue weighted by atomic mass is 9.99. The van der Waals surface area contributed by atoms with Gasteiger partial charge < -0.3 is 10.5 Å². The highest BCUT2D eigenvalue weighted by Crippen LogP contribution is 2.33. The molecule has 0 saturated heterocycles. The molecule has 0 radical (unpaired) electrons. The van der Waals surface area contributed by atoms with Gasteiger partial charge in [-0.3, -0.25) is 9.69 Å². The molecule has 0 aliphatic heterocycles. The maximum absolute atomic E-state index is 12.6. The van der Waals surface area contributed by atoms with Crippen LogP contribution in [-0.2, 0) is 9.53 Å². The minimum atomic E-state index is -4.24. The normalized spacial score (nSPS) is 27.1. The van der Waals surface area contributed by atoms with E-state index in [2.05, 4.69) is 0 Å². The van der Waals surface area contributed by atoms with Crippen molar-refractivity contribution in [2.75, 3.05) is 19.7 Å². The lowest BCUT2D eigenvalue weighted by Crippen LogP contribution is -2.49. The molecular formula is C13H23F3N2O2. The van der Waals surface area contributed by atoms with Crippen molar-refractivity contribution in [2.24, 2.45) is 5.73 Å². The summed E-state index contributed by atoms with van der Waals surface area (Å²) in [6, 6.07) is -0.314. The van der Waals surface area contributed by atoms with Crippen LogP contribution < -0.4 is 5.73 Å². The third kappa shape index (κ3) is 4.63. The molecule has 7 heteroatoms. The lowest BCUT2D eigenvalue weighted by Gasteiger charge is -2.30. The summed E-state index contributed by atoms with van der Waals surface area (Å²) in [5.41, 5.74) is 4.85. The van der Waals surface area contributed by atoms with Gasteiger partial charge in [-0.15, -0.1) is 0 Å². The zero-order valence-corrected chi connectivity index (χ0v) is 12.0. The molecule has 1 rings (SSSR count). The van der Waals surface area contributed by atoms with Gasteiger partial charge in [-0.1, -0.05) is 6.92 Å². The summed E-state index contributed by atoms with van der Waals surface area (Å²) in [6.07, 6.45) is -2.52. The predicted octanol–water partition coefficient (Wildman–Crippen LogP) is 2.07. The van der Waals surface area contributed by atoms with Crippen LogP contribution in [0.1, 0.15) is 39.5 Å². The van der Waals surface area contributed by atoms with E-state index in [0.717, 1.165) is 0 Å². The number of alkyl halides is 3. The first kappa shape index (κ1) is 17.2. The quantitative estimate of drug-likeness (QED) is 0.762. The Morgan fingerprint density at radius 2 is 2.10 bits per heavy atom. The monoisotopic (exact) mass is 296 g/mol. The number of halogens is 3. The molecule has 4 nitrogen and oxygen atoms in total. The van der Waals surface area contributed by atoms with Crippen LogP contribution in [0.4, 0.5) is 13.2 Å². The van der Waals surface area contributed by atoms with Crippen LogP contribution in [0.25, 0.3) is 0 Å². The van der Waals surface area contributed by atoms with Crippen molar-refractivity contribution in [3.63, 3.8) is 0 Å². The van der Waals surface area contributed by atoms with E-state index in [1.807, 2.05) is 6.92 Å². The van der Waals surface area contributed by atoms with E-state index in [9.17, 15) is 18.0 Å². The maximum Gasteiger partial charge on any atom is 0.401 e. The number of hydrogen-bond acceptors (Lipinski definition) is 4. The minimum Gasteiger partial charge on any atom is -0.465 e. The van der Waals surface area contributed by atoms with Gasteiger partial charge in [0.15, 0.2) is 0 Å². The fraction of sp³-hybridized carbons (Fsp3) is 0.923. The zero-order valence-electron chi connectivity index (χ0n) is 12.0. The fourth-order valence-electron chi connectivity index (χ4n) is 2.73. The van der Waals surface area contributed by atoms with Crippen LogP contribution in [0.15, 0.2) is 0 Å². The number of nitrogens with two attached hydrogens (primary N) is 1. The van der Waals surface area contributed by atoms with E-state index in [-0.39, 0.29) is 19.1 Å². The summed E-state index contributed by atoms with van der Waals surface area (Å²) in [6.45, 7) is 3.14. The van der Waals surface area contributed by atoms with Gasteiger partial charge in [-0.05, 0) is 39.2 Å². The Morgan fingerprint density at radius 3 is 2.60 bits per heavy atom. The maximum atomic E-state index is 12.6. The fourth-order valence-corrected chi connectivity index (χ4v) is 2.73. The Kier molecular flexibility index (Phi) is 5.82. The Morgan fingerprint density at radius 1 is 1.45 bits per heavy atom. The molecule has 0 aromatic heterocycles. The summed E-state index contributed by atoms with van der Waals surface area (Å²) in [5.74, 6) is -0.508. The predicted molar refractivity (Wildman–Crippen MR) is 69.1 cm³/mol. The summed E-state index contributed by atoms with van der Waals surface area (Å²) < 4.78 is 42.7. The first-order chi connectivity index (χ1) is 9.22. The largest absolute Gasteiger partial charge is 0.465 e. The van der Waals surface area contributed by atoms with Crippen molar-refractivity contribution in [1.82, 2.24) is 4.90 Å². The smallest absolute Gasteiger partial charge is 0.401 e. The van der Waals surface area contributed by atoms with Crippen molar-refractivity contribution >= 4 is 5.97 Å². The average Bonchev–Trinajstić information content (AvgIpc) is 2.71. The average molecular weight is 296 g/mol. The molecule has 2 unspecified atom stereocenters. The van der Waals surface area contributed by atoms with Gasteiger partial charge in [-0.25, -0.2) is 0 Å². The van der Waals surface area contributed by atoms with E-state index in [1.165, 1.54) is 4.90 Å². The van der Waals surface area contributed by atoms with E-state index in [0.29, 0.717) is 25.8 Å². The Labute approximate surface area is 117 Å². The van der Waals surface area contributed by atoms with Crippen molar-refractivity contribution in [3.05, 3.63) is 0 Å². The number of esters is 1. The first-order valence-electron chi connectivity index (χ1n) is 6.98. The second-order valence-corrected chi connectivity index (χ2v) is 5.36. The Balaban J connectivity index is 2.69. The molecule has 118 valence electrons. The Hall–Kier alpha value is -0.820. The summed E-state index contributed by atoms with van der Waals surface area (Å²) in [4.78, 5) is 13.2.